The predicted molar refractivity (Wildman–Crippen MR) is 91.7 cm³/mol. The molecule has 142 valence electrons. The normalized spacial score (nSPS) is 18.6. The van der Waals surface area contributed by atoms with E-state index in [1.54, 1.807) is 11.8 Å². The summed E-state index contributed by atoms with van der Waals surface area (Å²) >= 11 is 0. The highest BCUT2D eigenvalue weighted by atomic mass is 16.4. The molecule has 0 saturated carbocycles. The topological polar surface area (TPSA) is 116 Å². The van der Waals surface area contributed by atoms with Crippen LogP contribution in [-0.2, 0) is 19.2 Å². The number of carboxylic acids is 1. The Labute approximate surface area is 148 Å². The van der Waals surface area contributed by atoms with Gasteiger partial charge in [-0.25, -0.2) is 4.79 Å². The van der Waals surface area contributed by atoms with E-state index < -0.39 is 24.0 Å². The van der Waals surface area contributed by atoms with Crippen LogP contribution in [-0.4, -0.2) is 58.9 Å². The molecule has 0 spiro atoms. The molecule has 0 radical (unpaired) electrons. The molecule has 25 heavy (non-hydrogen) atoms. The molecule has 1 rings (SSSR count). The summed E-state index contributed by atoms with van der Waals surface area (Å²) in [5, 5.41) is 14.1. The van der Waals surface area contributed by atoms with Gasteiger partial charge in [-0.1, -0.05) is 20.8 Å². The Bertz CT molecular complexity index is 507. The molecule has 1 unspecified atom stereocenters. The highest BCUT2D eigenvalue weighted by Gasteiger charge is 2.31. The van der Waals surface area contributed by atoms with E-state index >= 15 is 0 Å². The molecule has 0 aromatic carbocycles. The summed E-state index contributed by atoms with van der Waals surface area (Å²) in [6.45, 7) is 5.73. The average molecular weight is 355 g/mol. The van der Waals surface area contributed by atoms with Crippen LogP contribution in [0.3, 0.4) is 0 Å². The minimum atomic E-state index is -1.10. The number of carboxylic acid groups (broad SMARTS) is 1. The van der Waals surface area contributed by atoms with E-state index in [1.807, 2.05) is 13.8 Å². The Morgan fingerprint density at radius 1 is 1.20 bits per heavy atom. The number of nitrogens with zero attached hydrogens (tertiary/aromatic N) is 1. The van der Waals surface area contributed by atoms with Crippen LogP contribution in [0, 0.1) is 5.92 Å². The molecule has 3 N–H and O–H groups in total. The van der Waals surface area contributed by atoms with Crippen LogP contribution in [0.2, 0.25) is 0 Å². The van der Waals surface area contributed by atoms with Crippen molar-refractivity contribution < 1.29 is 24.3 Å². The van der Waals surface area contributed by atoms with Gasteiger partial charge in [0.25, 0.3) is 0 Å². The van der Waals surface area contributed by atoms with Crippen molar-refractivity contribution in [3.05, 3.63) is 0 Å². The first-order valence-electron chi connectivity index (χ1n) is 8.85. The van der Waals surface area contributed by atoms with Gasteiger partial charge in [-0.15, -0.1) is 0 Å². The zero-order chi connectivity index (χ0) is 19.0. The molecule has 0 aromatic rings. The SMILES string of the molecule is CCC(=O)N1CCCCC1C(=O)NCC(=O)N[C@@H](CC(C)C)C(=O)O. The lowest BCUT2D eigenvalue weighted by molar-refractivity contribution is -0.143. The van der Waals surface area contributed by atoms with Gasteiger partial charge in [-0.2, -0.15) is 0 Å². The summed E-state index contributed by atoms with van der Waals surface area (Å²) in [6, 6.07) is -1.53. The maximum Gasteiger partial charge on any atom is 0.326 e. The minimum Gasteiger partial charge on any atom is -0.480 e. The summed E-state index contributed by atoms with van der Waals surface area (Å²) < 4.78 is 0. The Kier molecular flexibility index (Phi) is 8.37. The summed E-state index contributed by atoms with van der Waals surface area (Å²) in [6.07, 6.45) is 2.94. The number of likely N-dealkylation sites (tertiary alicyclic amines) is 1. The summed E-state index contributed by atoms with van der Waals surface area (Å²) in [4.78, 5) is 48.9. The van der Waals surface area contributed by atoms with Crippen molar-refractivity contribution in [1.82, 2.24) is 15.5 Å². The molecule has 2 atom stereocenters. The fourth-order valence-electron chi connectivity index (χ4n) is 2.93. The fraction of sp³-hybridized carbons (Fsp3) is 0.765. The maximum atomic E-state index is 12.3. The second kappa shape index (κ2) is 10.0. The fourth-order valence-corrected chi connectivity index (χ4v) is 2.93. The molecular weight excluding hydrogens is 326 g/mol. The van der Waals surface area contributed by atoms with E-state index in [0.29, 0.717) is 25.8 Å². The second-order valence-electron chi connectivity index (χ2n) is 6.76. The van der Waals surface area contributed by atoms with Crippen LogP contribution in [0.4, 0.5) is 0 Å². The van der Waals surface area contributed by atoms with Crippen LogP contribution in [0.5, 0.6) is 0 Å². The van der Waals surface area contributed by atoms with Crippen molar-refractivity contribution in [3.63, 3.8) is 0 Å². The number of piperidine rings is 1. The standard InChI is InChI=1S/C17H29N3O5/c1-4-15(22)20-8-6-5-7-13(20)16(23)18-10-14(21)19-12(17(24)25)9-11(2)3/h11-13H,4-10H2,1-3H3,(H,18,23)(H,19,21)(H,24,25)/t12-,13?/m0/s1. The lowest BCUT2D eigenvalue weighted by atomic mass is 10.0. The molecule has 8 heteroatoms. The molecule has 1 fully saturated rings. The summed E-state index contributed by atoms with van der Waals surface area (Å²) in [5.41, 5.74) is 0. The van der Waals surface area contributed by atoms with Crippen LogP contribution in [0.1, 0.15) is 52.9 Å². The van der Waals surface area contributed by atoms with Crippen molar-refractivity contribution in [2.45, 2.75) is 65.0 Å². The monoisotopic (exact) mass is 355 g/mol. The van der Waals surface area contributed by atoms with Crippen LogP contribution in [0.25, 0.3) is 0 Å². The third-order valence-corrected chi connectivity index (χ3v) is 4.19. The number of carbonyl (C=O) groups excluding carboxylic acids is 3. The lowest BCUT2D eigenvalue weighted by Gasteiger charge is -2.34. The highest BCUT2D eigenvalue weighted by Crippen LogP contribution is 2.18. The van der Waals surface area contributed by atoms with Gasteiger partial charge < -0.3 is 20.6 Å². The molecule has 1 aliphatic heterocycles. The van der Waals surface area contributed by atoms with E-state index in [0.717, 1.165) is 12.8 Å². The van der Waals surface area contributed by atoms with E-state index in [-0.39, 0.29) is 24.3 Å². The van der Waals surface area contributed by atoms with E-state index in [1.165, 1.54) is 0 Å². The zero-order valence-electron chi connectivity index (χ0n) is 15.2. The van der Waals surface area contributed by atoms with Gasteiger partial charge in [0.15, 0.2) is 0 Å². The highest BCUT2D eigenvalue weighted by molar-refractivity contribution is 5.91. The molecule has 0 aliphatic carbocycles. The molecule has 1 heterocycles. The van der Waals surface area contributed by atoms with Crippen molar-refractivity contribution in [3.8, 4) is 0 Å². The molecular formula is C17H29N3O5. The van der Waals surface area contributed by atoms with Gasteiger partial charge >= 0.3 is 5.97 Å². The molecule has 0 aromatic heterocycles. The molecule has 1 saturated heterocycles. The predicted octanol–water partition coefficient (Wildman–Crippen LogP) is 0.509. The quantitative estimate of drug-likeness (QED) is 0.587. The van der Waals surface area contributed by atoms with Gasteiger partial charge in [0.2, 0.25) is 17.7 Å². The summed E-state index contributed by atoms with van der Waals surface area (Å²) in [7, 11) is 0. The number of aliphatic carboxylic acids is 1. The van der Waals surface area contributed by atoms with Crippen molar-refractivity contribution in [2.75, 3.05) is 13.1 Å². The van der Waals surface area contributed by atoms with Crippen molar-refractivity contribution >= 4 is 23.7 Å². The third kappa shape index (κ3) is 6.72. The van der Waals surface area contributed by atoms with Gasteiger partial charge in [-0.05, 0) is 31.6 Å². The number of rotatable bonds is 8. The number of hydrogen-bond donors (Lipinski definition) is 3. The Morgan fingerprint density at radius 2 is 1.88 bits per heavy atom. The van der Waals surface area contributed by atoms with Crippen molar-refractivity contribution in [1.29, 1.82) is 0 Å². The van der Waals surface area contributed by atoms with E-state index in [9.17, 15) is 19.2 Å². The number of hydrogen-bond acceptors (Lipinski definition) is 4. The lowest BCUT2D eigenvalue weighted by Crippen LogP contribution is -2.53. The maximum absolute atomic E-state index is 12.3. The second-order valence-corrected chi connectivity index (χ2v) is 6.76. The largest absolute Gasteiger partial charge is 0.480 e. The van der Waals surface area contributed by atoms with Crippen LogP contribution >= 0.6 is 0 Å². The Morgan fingerprint density at radius 3 is 2.44 bits per heavy atom. The first-order chi connectivity index (χ1) is 11.8. The van der Waals surface area contributed by atoms with Crippen molar-refractivity contribution in [2.24, 2.45) is 5.92 Å². The third-order valence-electron chi connectivity index (χ3n) is 4.19. The Hall–Kier alpha value is -2.12. The molecule has 1 aliphatic rings. The van der Waals surface area contributed by atoms with Gasteiger partial charge in [0.1, 0.15) is 12.1 Å². The van der Waals surface area contributed by atoms with Gasteiger partial charge in [0, 0.05) is 13.0 Å². The van der Waals surface area contributed by atoms with Crippen LogP contribution in [0.15, 0.2) is 0 Å². The Balaban J connectivity index is 2.54. The number of amides is 3. The smallest absolute Gasteiger partial charge is 0.326 e. The first-order valence-corrected chi connectivity index (χ1v) is 8.85. The molecule has 8 nitrogen and oxygen atoms in total. The van der Waals surface area contributed by atoms with E-state index in [4.69, 9.17) is 5.11 Å². The van der Waals surface area contributed by atoms with Gasteiger partial charge in [-0.3, -0.25) is 14.4 Å². The van der Waals surface area contributed by atoms with Gasteiger partial charge in [0.05, 0.1) is 6.54 Å². The molecule has 3 amide bonds. The number of nitrogens with one attached hydrogen (secondary N) is 2. The molecule has 0 bridgehead atoms. The number of carbonyl (C=O) groups is 4. The zero-order valence-corrected chi connectivity index (χ0v) is 15.2. The van der Waals surface area contributed by atoms with Crippen LogP contribution < -0.4 is 10.6 Å². The first kappa shape index (κ1) is 20.9. The summed E-state index contributed by atoms with van der Waals surface area (Å²) in [5.74, 6) is -1.97. The minimum absolute atomic E-state index is 0.0767. The van der Waals surface area contributed by atoms with E-state index in [2.05, 4.69) is 10.6 Å². The average Bonchev–Trinajstić information content (AvgIpc) is 2.57.